The highest BCUT2D eigenvalue weighted by molar-refractivity contribution is 4.68. The van der Waals surface area contributed by atoms with Crippen LogP contribution in [0.2, 0.25) is 0 Å². The molecule has 0 heterocycles. The fourth-order valence-electron chi connectivity index (χ4n) is 7.21. The minimum absolute atomic E-state index is 0.000813. The molecule has 87 heavy (non-hydrogen) atoms. The first-order valence-electron chi connectivity index (χ1n) is 32.4. The summed E-state index contributed by atoms with van der Waals surface area (Å²) in [7, 11) is 0. The van der Waals surface area contributed by atoms with Crippen molar-refractivity contribution in [2.75, 3.05) is 145 Å². The zero-order valence-electron chi connectivity index (χ0n) is 58.2. The van der Waals surface area contributed by atoms with Gasteiger partial charge in [0.25, 0.3) is 0 Å². The first-order valence-corrected chi connectivity index (χ1v) is 32.4. The molecule has 0 bridgehead atoms. The molecule has 0 aliphatic rings. The second-order valence-electron chi connectivity index (χ2n) is 24.0. The van der Waals surface area contributed by atoms with Gasteiger partial charge in [0.1, 0.15) is 0 Å². The highest BCUT2D eigenvalue weighted by Gasteiger charge is 2.20. The van der Waals surface area contributed by atoms with E-state index in [9.17, 15) is 0 Å². The highest BCUT2D eigenvalue weighted by Crippen LogP contribution is 2.11. The Kier molecular flexibility index (Phi) is 54.3. The van der Waals surface area contributed by atoms with Crippen molar-refractivity contribution in [3.8, 4) is 0 Å². The van der Waals surface area contributed by atoms with E-state index in [0.717, 1.165) is 0 Å². The zero-order chi connectivity index (χ0) is 65.4. The Morgan fingerprint density at radius 1 is 0.161 bits per heavy atom. The third-order valence-corrected chi connectivity index (χ3v) is 12.8. The van der Waals surface area contributed by atoms with Crippen molar-refractivity contribution in [2.24, 2.45) is 0 Å². The van der Waals surface area contributed by atoms with Gasteiger partial charge in [-0.1, -0.05) is 12.2 Å². The van der Waals surface area contributed by atoms with E-state index in [-0.39, 0.29) is 122 Å². The van der Waals surface area contributed by atoms with Crippen LogP contribution < -0.4 is 0 Å². The summed E-state index contributed by atoms with van der Waals surface area (Å²) in [6, 6.07) is 0. The minimum Gasteiger partial charge on any atom is -0.375 e. The number of ether oxygens (including phenoxy) is 21. The van der Waals surface area contributed by atoms with Crippen molar-refractivity contribution in [2.45, 2.75) is 261 Å². The summed E-state index contributed by atoms with van der Waals surface area (Å²) >= 11 is 0. The summed E-state index contributed by atoms with van der Waals surface area (Å²) in [4.78, 5) is 0. The first-order chi connectivity index (χ1) is 41.3. The maximum atomic E-state index is 6.02. The molecule has 0 aromatic rings. The Balaban J connectivity index is 4.04. The van der Waals surface area contributed by atoms with Crippen LogP contribution in [0.4, 0.5) is 0 Å². The van der Waals surface area contributed by atoms with Gasteiger partial charge in [-0.25, -0.2) is 0 Å². The van der Waals surface area contributed by atoms with Gasteiger partial charge in [0, 0.05) is 0 Å². The SMILES string of the molecule is C=CCOCC(C)OCC(C)OCC(C)OCC(C)OCC(C)OCC(C)OCC(C)OCC(C)OCC(C)OCC(C)OCC(C)OCC(C)OCC(C)OCC(C)OCC(C)OCC(C)OCC(C)OCC(C)OCC(C)OCC(C)OCC=C. The largest absolute Gasteiger partial charge is 0.375 e. The lowest BCUT2D eigenvalue weighted by molar-refractivity contribution is -0.117. The molecule has 0 fully saturated rings. The Labute approximate surface area is 528 Å². The van der Waals surface area contributed by atoms with Crippen molar-refractivity contribution in [1.82, 2.24) is 0 Å². The standard InChI is InChI=1S/C66H130O21/c1-23-25-67-27-47(3)69-29-49(5)71-31-51(7)73-33-53(9)75-35-55(11)77-37-57(13)79-39-59(15)81-41-61(17)83-43-63(19)85-45-65(21)87-46-66(22)86-44-64(20)84-42-62(18)82-40-60(16)80-38-58(14)78-36-56(12)76-34-54(10)74-32-52(8)72-30-50(6)70-28-48(4)68-26-24-2/h23-24,47-66H,1-2,25-46H2,3-22H3. The van der Waals surface area contributed by atoms with Gasteiger partial charge in [-0.05, 0) is 138 Å². The number of hydrogen-bond donors (Lipinski definition) is 0. The summed E-state index contributed by atoms with van der Waals surface area (Å²) < 4.78 is 124. The van der Waals surface area contributed by atoms with Crippen LogP contribution in [0.15, 0.2) is 25.3 Å². The molecule has 21 heteroatoms. The predicted octanol–water partition coefficient (Wildman–Crippen LogP) is 9.48. The quantitative estimate of drug-likeness (QED) is 0.0412. The van der Waals surface area contributed by atoms with Crippen molar-refractivity contribution in [3.05, 3.63) is 25.3 Å². The molecule has 20 unspecified atom stereocenters. The lowest BCUT2D eigenvalue weighted by Crippen LogP contribution is -2.31. The van der Waals surface area contributed by atoms with E-state index in [0.29, 0.717) is 145 Å². The van der Waals surface area contributed by atoms with Crippen LogP contribution >= 0.6 is 0 Å². The smallest absolute Gasteiger partial charge is 0.0784 e. The Morgan fingerprint density at radius 3 is 0.379 bits per heavy atom. The van der Waals surface area contributed by atoms with Gasteiger partial charge in [-0.3, -0.25) is 0 Å². The van der Waals surface area contributed by atoms with Crippen LogP contribution in [0.5, 0.6) is 0 Å². The Hall–Kier alpha value is -1.36. The van der Waals surface area contributed by atoms with E-state index in [2.05, 4.69) is 13.2 Å². The normalized spacial score (nSPS) is 19.3. The van der Waals surface area contributed by atoms with Crippen LogP contribution in [0, 0.1) is 0 Å². The predicted molar refractivity (Wildman–Crippen MR) is 339 cm³/mol. The van der Waals surface area contributed by atoms with Crippen molar-refractivity contribution >= 4 is 0 Å². The van der Waals surface area contributed by atoms with Gasteiger partial charge in [0.2, 0.25) is 0 Å². The molecular formula is C66H130O21. The molecule has 520 valence electrons. The van der Waals surface area contributed by atoms with E-state index in [1.54, 1.807) is 12.2 Å². The molecule has 0 amide bonds. The first kappa shape index (κ1) is 85.6. The van der Waals surface area contributed by atoms with Gasteiger partial charge in [0.15, 0.2) is 0 Å². The lowest BCUT2D eigenvalue weighted by atomic mass is 10.3. The molecule has 20 atom stereocenters. The number of hydrogen-bond acceptors (Lipinski definition) is 21. The Morgan fingerprint density at radius 2 is 0.264 bits per heavy atom. The fraction of sp³-hybridized carbons (Fsp3) is 0.939. The minimum atomic E-state index is -0.117. The molecule has 0 rings (SSSR count). The number of rotatable bonds is 64. The third-order valence-electron chi connectivity index (χ3n) is 12.8. The Bertz CT molecular complexity index is 1540. The molecule has 0 saturated carbocycles. The van der Waals surface area contributed by atoms with Crippen molar-refractivity contribution in [3.63, 3.8) is 0 Å². The van der Waals surface area contributed by atoms with Gasteiger partial charge in [-0.2, -0.15) is 0 Å². The van der Waals surface area contributed by atoms with E-state index in [1.807, 2.05) is 138 Å². The van der Waals surface area contributed by atoms with Crippen LogP contribution in [-0.2, 0) is 99.5 Å². The van der Waals surface area contributed by atoms with Crippen LogP contribution in [0.3, 0.4) is 0 Å². The maximum absolute atomic E-state index is 6.02. The van der Waals surface area contributed by atoms with E-state index in [4.69, 9.17) is 99.5 Å². The zero-order valence-corrected chi connectivity index (χ0v) is 58.2. The van der Waals surface area contributed by atoms with Gasteiger partial charge in [-0.15, -0.1) is 13.2 Å². The van der Waals surface area contributed by atoms with Crippen molar-refractivity contribution < 1.29 is 99.5 Å². The van der Waals surface area contributed by atoms with E-state index in [1.165, 1.54) is 0 Å². The van der Waals surface area contributed by atoms with Crippen LogP contribution in [0.1, 0.15) is 138 Å². The molecule has 0 N–H and O–H groups in total. The average Bonchev–Trinajstić information content (AvgIpc) is 3.51. The fourth-order valence-corrected chi connectivity index (χ4v) is 7.21. The van der Waals surface area contributed by atoms with Crippen LogP contribution in [-0.4, -0.2) is 267 Å². The van der Waals surface area contributed by atoms with Gasteiger partial charge in [0.05, 0.1) is 267 Å². The topological polar surface area (TPSA) is 194 Å². The summed E-state index contributed by atoms with van der Waals surface area (Å²) in [6.07, 6.45) is 1.67. The molecule has 0 radical (unpaired) electrons. The monoisotopic (exact) mass is 1260 g/mol. The van der Waals surface area contributed by atoms with Gasteiger partial charge >= 0.3 is 0 Å². The van der Waals surface area contributed by atoms with E-state index < -0.39 is 0 Å². The lowest BCUT2D eigenvalue weighted by Gasteiger charge is -2.24. The summed E-state index contributed by atoms with van der Waals surface area (Å²) in [6.45, 7) is 57.1. The van der Waals surface area contributed by atoms with E-state index >= 15 is 0 Å². The summed E-state index contributed by atoms with van der Waals surface area (Å²) in [5.41, 5.74) is 0. The molecule has 0 saturated heterocycles. The third kappa shape index (κ3) is 54.9. The van der Waals surface area contributed by atoms with Gasteiger partial charge < -0.3 is 99.5 Å². The second kappa shape index (κ2) is 55.1. The summed E-state index contributed by atoms with van der Waals surface area (Å²) in [5, 5.41) is 0. The molecule has 0 aliphatic heterocycles. The molecule has 0 spiro atoms. The van der Waals surface area contributed by atoms with Crippen molar-refractivity contribution in [1.29, 1.82) is 0 Å². The average molecular weight is 1260 g/mol. The molecular weight excluding hydrogens is 1130 g/mol. The highest BCUT2D eigenvalue weighted by atomic mass is 16.6. The molecule has 21 nitrogen and oxygen atoms in total. The second-order valence-corrected chi connectivity index (χ2v) is 24.0. The molecule has 0 aliphatic carbocycles. The maximum Gasteiger partial charge on any atom is 0.0784 e. The molecule has 0 aromatic heterocycles. The summed E-state index contributed by atoms with van der Waals surface area (Å²) in [5.74, 6) is 0. The molecule has 0 aromatic carbocycles. The van der Waals surface area contributed by atoms with Crippen LogP contribution in [0.25, 0.3) is 0 Å².